The molecule has 0 spiro atoms. The molecule has 0 radical (unpaired) electrons. The number of thiophene rings is 1. The van der Waals surface area contributed by atoms with Crippen LogP contribution in [0, 0.1) is 0 Å². The Labute approximate surface area is 292 Å². The zero-order chi connectivity index (χ0) is 33.0. The summed E-state index contributed by atoms with van der Waals surface area (Å²) in [4.78, 5) is 15.3. The number of fused-ring (bicyclic) bond motifs is 6. The summed E-state index contributed by atoms with van der Waals surface area (Å²) in [6.45, 7) is 0. The number of para-hydroxylation sites is 1. The van der Waals surface area contributed by atoms with Gasteiger partial charge >= 0.3 is 0 Å². The van der Waals surface area contributed by atoms with Crippen molar-refractivity contribution in [3.63, 3.8) is 0 Å². The Bertz CT molecular complexity index is 2820. The average molecular weight is 658 g/mol. The molecule has 0 aliphatic carbocycles. The SMILES string of the molecule is c1ccc(-c2nc(-c3ccccc3)nc(-c3cc(-c4ccc5c(c4)sc4ccccc45)ccc3-c3ccc4oc5ccccc5c4c3)n2)cc1. The van der Waals surface area contributed by atoms with E-state index in [0.717, 1.165) is 60.9 Å². The van der Waals surface area contributed by atoms with Gasteiger partial charge in [-0.1, -0.05) is 127 Å². The summed E-state index contributed by atoms with van der Waals surface area (Å²) >= 11 is 1.83. The van der Waals surface area contributed by atoms with E-state index in [0.29, 0.717) is 17.5 Å². The smallest absolute Gasteiger partial charge is 0.164 e. The molecule has 10 aromatic rings. The summed E-state index contributed by atoms with van der Waals surface area (Å²) in [7, 11) is 0. The molecule has 3 aromatic heterocycles. The van der Waals surface area contributed by atoms with Crippen LogP contribution in [0.15, 0.2) is 168 Å². The minimum Gasteiger partial charge on any atom is -0.456 e. The van der Waals surface area contributed by atoms with Gasteiger partial charge in [0, 0.05) is 47.6 Å². The zero-order valence-electron chi connectivity index (χ0n) is 26.7. The van der Waals surface area contributed by atoms with E-state index >= 15 is 0 Å². The van der Waals surface area contributed by atoms with Gasteiger partial charge in [-0.05, 0) is 58.7 Å². The molecule has 0 N–H and O–H groups in total. The molecular weight excluding hydrogens is 631 g/mol. The first-order chi connectivity index (χ1) is 24.7. The van der Waals surface area contributed by atoms with Crippen LogP contribution < -0.4 is 0 Å². The van der Waals surface area contributed by atoms with Crippen molar-refractivity contribution < 1.29 is 4.42 Å². The monoisotopic (exact) mass is 657 g/mol. The normalized spacial score (nSPS) is 11.6. The van der Waals surface area contributed by atoms with Crippen molar-refractivity contribution in [1.82, 2.24) is 15.0 Å². The zero-order valence-corrected chi connectivity index (χ0v) is 27.6. The standard InChI is InChI=1S/C45H27N3OS/c1-3-11-28(12-4-1)43-46-44(29-13-5-2-6-14-29)48-45(47-43)38-25-30(31-20-23-36-35-16-8-10-18-41(35)50-42(36)27-31)19-22-33(38)32-21-24-40-37(26-32)34-15-7-9-17-39(34)49-40/h1-27H. The summed E-state index contributed by atoms with van der Waals surface area (Å²) in [5.41, 5.74) is 8.89. The molecule has 4 nitrogen and oxygen atoms in total. The highest BCUT2D eigenvalue weighted by Gasteiger charge is 2.18. The predicted octanol–water partition coefficient (Wildman–Crippen LogP) is 12.5. The van der Waals surface area contributed by atoms with Gasteiger partial charge in [-0.3, -0.25) is 0 Å². The Hall–Kier alpha value is -6.43. The van der Waals surface area contributed by atoms with E-state index in [4.69, 9.17) is 19.4 Å². The molecule has 0 aliphatic rings. The lowest BCUT2D eigenvalue weighted by atomic mass is 9.93. The molecule has 0 saturated heterocycles. The third-order valence-electron chi connectivity index (χ3n) is 9.36. The van der Waals surface area contributed by atoms with Crippen molar-refractivity contribution in [3.8, 4) is 56.4 Å². The van der Waals surface area contributed by atoms with E-state index < -0.39 is 0 Å². The van der Waals surface area contributed by atoms with Gasteiger partial charge in [-0.15, -0.1) is 11.3 Å². The first-order valence-electron chi connectivity index (χ1n) is 16.6. The molecule has 10 rings (SSSR count). The van der Waals surface area contributed by atoms with Gasteiger partial charge in [-0.25, -0.2) is 15.0 Å². The molecule has 50 heavy (non-hydrogen) atoms. The Kier molecular flexibility index (Phi) is 6.64. The van der Waals surface area contributed by atoms with Crippen LogP contribution in [0.1, 0.15) is 0 Å². The van der Waals surface area contributed by atoms with Crippen molar-refractivity contribution in [2.45, 2.75) is 0 Å². The van der Waals surface area contributed by atoms with Gasteiger partial charge < -0.3 is 4.42 Å². The summed E-state index contributed by atoms with van der Waals surface area (Å²) < 4.78 is 8.75. The topological polar surface area (TPSA) is 51.8 Å². The number of rotatable bonds is 5. The summed E-state index contributed by atoms with van der Waals surface area (Å²) in [6.07, 6.45) is 0. The van der Waals surface area contributed by atoms with Crippen LogP contribution in [-0.4, -0.2) is 15.0 Å². The molecule has 7 aromatic carbocycles. The minimum absolute atomic E-state index is 0.620. The number of nitrogens with zero attached hydrogens (tertiary/aromatic N) is 3. The summed E-state index contributed by atoms with van der Waals surface area (Å²) in [5.74, 6) is 1.89. The highest BCUT2D eigenvalue weighted by Crippen LogP contribution is 2.41. The predicted molar refractivity (Wildman–Crippen MR) is 207 cm³/mol. The van der Waals surface area contributed by atoms with Crippen molar-refractivity contribution >= 4 is 53.4 Å². The van der Waals surface area contributed by atoms with Gasteiger partial charge in [0.2, 0.25) is 0 Å². The molecule has 0 saturated carbocycles. The molecule has 234 valence electrons. The minimum atomic E-state index is 0.620. The maximum Gasteiger partial charge on any atom is 0.164 e. The number of hydrogen-bond donors (Lipinski definition) is 0. The van der Waals surface area contributed by atoms with E-state index in [1.165, 1.54) is 20.2 Å². The molecule has 0 fully saturated rings. The second-order valence-electron chi connectivity index (χ2n) is 12.4. The largest absolute Gasteiger partial charge is 0.456 e. The van der Waals surface area contributed by atoms with Gasteiger partial charge in [0.1, 0.15) is 11.2 Å². The van der Waals surface area contributed by atoms with Gasteiger partial charge in [0.05, 0.1) is 0 Å². The molecule has 0 aliphatic heterocycles. The lowest BCUT2D eigenvalue weighted by molar-refractivity contribution is 0.669. The third kappa shape index (κ3) is 4.87. The Morgan fingerprint density at radius 2 is 0.920 bits per heavy atom. The number of hydrogen-bond acceptors (Lipinski definition) is 5. The number of furan rings is 1. The van der Waals surface area contributed by atoms with E-state index in [9.17, 15) is 0 Å². The number of benzene rings is 7. The van der Waals surface area contributed by atoms with Crippen LogP contribution in [-0.2, 0) is 0 Å². The fraction of sp³-hybridized carbons (Fsp3) is 0. The third-order valence-corrected chi connectivity index (χ3v) is 10.5. The van der Waals surface area contributed by atoms with Crippen molar-refractivity contribution in [2.24, 2.45) is 0 Å². The quantitative estimate of drug-likeness (QED) is 0.185. The molecular formula is C45H27N3OS. The fourth-order valence-electron chi connectivity index (χ4n) is 6.89. The van der Waals surface area contributed by atoms with Crippen LogP contribution >= 0.6 is 11.3 Å². The molecule has 5 heteroatoms. The lowest BCUT2D eigenvalue weighted by Crippen LogP contribution is -2.01. The second-order valence-corrected chi connectivity index (χ2v) is 13.5. The van der Waals surface area contributed by atoms with Crippen LogP contribution in [0.3, 0.4) is 0 Å². The molecule has 0 amide bonds. The van der Waals surface area contributed by atoms with E-state index in [1.54, 1.807) is 0 Å². The van der Waals surface area contributed by atoms with Gasteiger partial charge in [-0.2, -0.15) is 0 Å². The van der Waals surface area contributed by atoms with Crippen molar-refractivity contribution in [1.29, 1.82) is 0 Å². The maximum atomic E-state index is 6.19. The average Bonchev–Trinajstić information content (AvgIpc) is 3.76. The maximum absolute atomic E-state index is 6.19. The van der Waals surface area contributed by atoms with Crippen LogP contribution in [0.5, 0.6) is 0 Å². The second kappa shape index (κ2) is 11.6. The first-order valence-corrected chi connectivity index (χ1v) is 17.4. The highest BCUT2D eigenvalue weighted by atomic mass is 32.1. The van der Waals surface area contributed by atoms with Crippen LogP contribution in [0.2, 0.25) is 0 Å². The Morgan fingerprint density at radius 3 is 1.70 bits per heavy atom. The molecule has 0 atom stereocenters. The molecule has 3 heterocycles. The highest BCUT2D eigenvalue weighted by molar-refractivity contribution is 7.25. The Morgan fingerprint density at radius 1 is 0.340 bits per heavy atom. The summed E-state index contributed by atoms with van der Waals surface area (Å²) in [5, 5.41) is 4.75. The first kappa shape index (κ1) is 28.6. The fourth-order valence-corrected chi connectivity index (χ4v) is 8.03. The molecule has 0 unspecified atom stereocenters. The van der Waals surface area contributed by atoms with E-state index in [1.807, 2.05) is 84.1 Å². The van der Waals surface area contributed by atoms with Gasteiger partial charge in [0.25, 0.3) is 0 Å². The van der Waals surface area contributed by atoms with Crippen LogP contribution in [0.25, 0.3) is 98.5 Å². The van der Waals surface area contributed by atoms with Gasteiger partial charge in [0.15, 0.2) is 17.5 Å². The van der Waals surface area contributed by atoms with E-state index in [2.05, 4.69) is 91.0 Å². The summed E-state index contributed by atoms with van der Waals surface area (Å²) in [6, 6.07) is 56.9. The Balaban J connectivity index is 1.21. The van der Waals surface area contributed by atoms with Crippen molar-refractivity contribution in [3.05, 3.63) is 164 Å². The van der Waals surface area contributed by atoms with Crippen molar-refractivity contribution in [2.75, 3.05) is 0 Å². The lowest BCUT2D eigenvalue weighted by Gasteiger charge is -2.14. The number of aromatic nitrogens is 3. The van der Waals surface area contributed by atoms with Crippen LogP contribution in [0.4, 0.5) is 0 Å². The molecule has 0 bridgehead atoms. The van der Waals surface area contributed by atoms with E-state index in [-0.39, 0.29) is 0 Å².